The molecule has 110 valence electrons. The minimum Gasteiger partial charge on any atom is -0.493 e. The molecule has 0 atom stereocenters. The molecule has 0 unspecified atom stereocenters. The van der Waals surface area contributed by atoms with Gasteiger partial charge in [0.05, 0.1) is 13.0 Å². The van der Waals surface area contributed by atoms with Gasteiger partial charge in [0.15, 0.2) is 0 Å². The van der Waals surface area contributed by atoms with Crippen LogP contribution in [0.3, 0.4) is 0 Å². The Kier molecular flexibility index (Phi) is 4.99. The van der Waals surface area contributed by atoms with Crippen LogP contribution >= 0.6 is 0 Å². The molecule has 0 aliphatic heterocycles. The number of rotatable bonds is 5. The summed E-state index contributed by atoms with van der Waals surface area (Å²) in [4.78, 5) is 11.9. The summed E-state index contributed by atoms with van der Waals surface area (Å²) in [7, 11) is 0. The van der Waals surface area contributed by atoms with Gasteiger partial charge in [-0.1, -0.05) is 24.3 Å². The molecule has 0 saturated heterocycles. The van der Waals surface area contributed by atoms with E-state index in [1.54, 1.807) is 0 Å². The zero-order valence-corrected chi connectivity index (χ0v) is 12.8. The molecule has 21 heavy (non-hydrogen) atoms. The molecule has 0 saturated carbocycles. The van der Waals surface area contributed by atoms with Gasteiger partial charge in [-0.05, 0) is 55.7 Å². The van der Waals surface area contributed by atoms with E-state index in [4.69, 9.17) is 4.74 Å². The molecule has 0 spiro atoms. The van der Waals surface area contributed by atoms with E-state index in [9.17, 15) is 4.79 Å². The van der Waals surface area contributed by atoms with E-state index in [1.165, 1.54) is 0 Å². The van der Waals surface area contributed by atoms with Crippen LogP contribution in [0.25, 0.3) is 0 Å². The number of hydrogen-bond donors (Lipinski definition) is 1. The first-order valence-corrected chi connectivity index (χ1v) is 7.11. The molecule has 0 radical (unpaired) electrons. The highest BCUT2D eigenvalue weighted by atomic mass is 16.5. The lowest BCUT2D eigenvalue weighted by molar-refractivity contribution is -0.116. The van der Waals surface area contributed by atoms with Crippen molar-refractivity contribution in [2.45, 2.75) is 27.2 Å². The van der Waals surface area contributed by atoms with Crippen molar-refractivity contribution in [2.75, 3.05) is 11.9 Å². The van der Waals surface area contributed by atoms with Crippen LogP contribution < -0.4 is 10.1 Å². The Hall–Kier alpha value is -2.29. The predicted octanol–water partition coefficient (Wildman–Crippen LogP) is 4.02. The Morgan fingerprint density at radius 2 is 1.81 bits per heavy atom. The molecule has 2 rings (SSSR count). The van der Waals surface area contributed by atoms with Crippen LogP contribution in [0.5, 0.6) is 5.75 Å². The standard InChI is InChI=1S/C18H21NO2/c1-13-5-4-6-16(11-13)21-10-9-18(20)19-17-12-14(2)7-8-15(17)3/h4-8,11-12H,9-10H2,1-3H3,(H,19,20). The smallest absolute Gasteiger partial charge is 0.227 e. The zero-order valence-electron chi connectivity index (χ0n) is 12.8. The van der Waals surface area contributed by atoms with Crippen LogP contribution in [-0.4, -0.2) is 12.5 Å². The second-order valence-electron chi connectivity index (χ2n) is 5.28. The lowest BCUT2D eigenvalue weighted by atomic mass is 10.1. The number of hydrogen-bond acceptors (Lipinski definition) is 2. The molecule has 0 bridgehead atoms. The zero-order chi connectivity index (χ0) is 15.2. The van der Waals surface area contributed by atoms with E-state index in [2.05, 4.69) is 5.32 Å². The molecule has 0 aliphatic carbocycles. The van der Waals surface area contributed by atoms with E-state index < -0.39 is 0 Å². The lowest BCUT2D eigenvalue weighted by Gasteiger charge is -2.10. The molecule has 0 aliphatic rings. The molecule has 2 aromatic rings. The minimum absolute atomic E-state index is 0.0312. The van der Waals surface area contributed by atoms with Crippen molar-refractivity contribution >= 4 is 11.6 Å². The Morgan fingerprint density at radius 1 is 1.05 bits per heavy atom. The lowest BCUT2D eigenvalue weighted by Crippen LogP contribution is -2.16. The maximum atomic E-state index is 11.9. The van der Waals surface area contributed by atoms with Crippen molar-refractivity contribution in [1.29, 1.82) is 0 Å². The number of aryl methyl sites for hydroxylation is 3. The molecule has 3 nitrogen and oxygen atoms in total. The van der Waals surface area contributed by atoms with Gasteiger partial charge in [-0.15, -0.1) is 0 Å². The van der Waals surface area contributed by atoms with E-state index >= 15 is 0 Å². The van der Waals surface area contributed by atoms with Crippen LogP contribution in [0, 0.1) is 20.8 Å². The minimum atomic E-state index is -0.0312. The largest absolute Gasteiger partial charge is 0.493 e. The van der Waals surface area contributed by atoms with Gasteiger partial charge in [0.1, 0.15) is 5.75 Å². The van der Waals surface area contributed by atoms with Crippen molar-refractivity contribution < 1.29 is 9.53 Å². The van der Waals surface area contributed by atoms with Gasteiger partial charge in [-0.2, -0.15) is 0 Å². The third-order valence-corrected chi connectivity index (χ3v) is 3.25. The number of carbonyl (C=O) groups excluding carboxylic acids is 1. The average molecular weight is 283 g/mol. The molecule has 0 fully saturated rings. The summed E-state index contributed by atoms with van der Waals surface area (Å²) < 4.78 is 5.59. The molecule has 1 N–H and O–H groups in total. The number of carbonyl (C=O) groups is 1. The molecular formula is C18H21NO2. The molecule has 0 heterocycles. The molecule has 2 aromatic carbocycles. The fourth-order valence-corrected chi connectivity index (χ4v) is 2.05. The van der Waals surface area contributed by atoms with Crippen molar-refractivity contribution in [2.24, 2.45) is 0 Å². The number of anilines is 1. The average Bonchev–Trinajstić information content (AvgIpc) is 2.43. The topological polar surface area (TPSA) is 38.3 Å². The fourth-order valence-electron chi connectivity index (χ4n) is 2.05. The van der Waals surface area contributed by atoms with Gasteiger partial charge in [-0.3, -0.25) is 4.79 Å². The summed E-state index contributed by atoms with van der Waals surface area (Å²) in [5.74, 6) is 0.769. The van der Waals surface area contributed by atoms with Gasteiger partial charge in [-0.25, -0.2) is 0 Å². The highest BCUT2D eigenvalue weighted by molar-refractivity contribution is 5.91. The summed E-state index contributed by atoms with van der Waals surface area (Å²) in [6, 6.07) is 13.8. The maximum absolute atomic E-state index is 11.9. The van der Waals surface area contributed by atoms with Gasteiger partial charge in [0, 0.05) is 5.69 Å². The molecule has 3 heteroatoms. The predicted molar refractivity (Wildman–Crippen MR) is 85.8 cm³/mol. The van der Waals surface area contributed by atoms with Crippen molar-refractivity contribution in [3.8, 4) is 5.75 Å². The van der Waals surface area contributed by atoms with Crippen molar-refractivity contribution in [3.05, 3.63) is 59.2 Å². The van der Waals surface area contributed by atoms with Gasteiger partial charge in [0.2, 0.25) is 5.91 Å². The van der Waals surface area contributed by atoms with Gasteiger partial charge in [0.25, 0.3) is 0 Å². The molecular weight excluding hydrogens is 262 g/mol. The van der Waals surface area contributed by atoms with Gasteiger partial charge < -0.3 is 10.1 Å². The third kappa shape index (κ3) is 4.63. The van der Waals surface area contributed by atoms with E-state index in [1.807, 2.05) is 63.2 Å². The van der Waals surface area contributed by atoms with Crippen LogP contribution in [0.2, 0.25) is 0 Å². The summed E-state index contributed by atoms with van der Waals surface area (Å²) in [5.41, 5.74) is 4.21. The summed E-state index contributed by atoms with van der Waals surface area (Å²) >= 11 is 0. The van der Waals surface area contributed by atoms with Crippen LogP contribution in [0.15, 0.2) is 42.5 Å². The summed E-state index contributed by atoms with van der Waals surface area (Å²) in [6.07, 6.45) is 0.335. The van der Waals surface area contributed by atoms with E-state index in [0.29, 0.717) is 13.0 Å². The van der Waals surface area contributed by atoms with Crippen LogP contribution in [0.1, 0.15) is 23.1 Å². The monoisotopic (exact) mass is 283 g/mol. The number of nitrogens with one attached hydrogen (secondary N) is 1. The Bertz CT molecular complexity index is 635. The Balaban J connectivity index is 1.84. The number of amides is 1. The Morgan fingerprint density at radius 3 is 2.57 bits per heavy atom. The number of ether oxygens (including phenoxy) is 1. The first-order valence-electron chi connectivity index (χ1n) is 7.11. The normalized spacial score (nSPS) is 10.2. The first-order chi connectivity index (χ1) is 10.0. The summed E-state index contributed by atoms with van der Waals surface area (Å²) in [6.45, 7) is 6.38. The number of benzene rings is 2. The Labute approximate surface area is 126 Å². The molecule has 0 aromatic heterocycles. The van der Waals surface area contributed by atoms with Gasteiger partial charge >= 0.3 is 0 Å². The van der Waals surface area contributed by atoms with Crippen LogP contribution in [-0.2, 0) is 4.79 Å². The highest BCUT2D eigenvalue weighted by Crippen LogP contribution is 2.17. The molecule has 1 amide bonds. The quantitative estimate of drug-likeness (QED) is 0.900. The van der Waals surface area contributed by atoms with Crippen LogP contribution in [0.4, 0.5) is 5.69 Å². The van der Waals surface area contributed by atoms with Crippen molar-refractivity contribution in [3.63, 3.8) is 0 Å². The van der Waals surface area contributed by atoms with E-state index in [-0.39, 0.29) is 5.91 Å². The second kappa shape index (κ2) is 6.93. The highest BCUT2D eigenvalue weighted by Gasteiger charge is 2.05. The fraction of sp³-hybridized carbons (Fsp3) is 0.278. The SMILES string of the molecule is Cc1cccc(OCCC(=O)Nc2cc(C)ccc2C)c1. The summed E-state index contributed by atoms with van der Waals surface area (Å²) in [5, 5.41) is 2.93. The third-order valence-electron chi connectivity index (χ3n) is 3.25. The first kappa shape index (κ1) is 15.1. The second-order valence-corrected chi connectivity index (χ2v) is 5.28. The van der Waals surface area contributed by atoms with Crippen molar-refractivity contribution in [1.82, 2.24) is 0 Å². The maximum Gasteiger partial charge on any atom is 0.227 e. The van der Waals surface area contributed by atoms with E-state index in [0.717, 1.165) is 28.1 Å².